The Morgan fingerprint density at radius 3 is 2.81 bits per heavy atom. The topological polar surface area (TPSA) is 101 Å². The normalized spacial score (nSPS) is 11.3. The Balaban J connectivity index is 2.18. The van der Waals surface area contributed by atoms with E-state index < -0.39 is 22.5 Å². The Morgan fingerprint density at radius 2 is 2.19 bits per heavy atom. The molecule has 0 bridgehead atoms. The molecule has 0 fully saturated rings. The van der Waals surface area contributed by atoms with Gasteiger partial charge in [0, 0.05) is 23.0 Å². The van der Waals surface area contributed by atoms with Gasteiger partial charge >= 0.3 is 0 Å². The van der Waals surface area contributed by atoms with Gasteiger partial charge in [-0.15, -0.1) is 0 Å². The van der Waals surface area contributed by atoms with E-state index in [1.165, 1.54) is 25.5 Å². The highest BCUT2D eigenvalue weighted by atomic mass is 35.5. The molecule has 10 heteroatoms. The number of anilines is 1. The van der Waals surface area contributed by atoms with Crippen molar-refractivity contribution in [1.82, 2.24) is 10.4 Å². The summed E-state index contributed by atoms with van der Waals surface area (Å²) in [5.74, 6) is -0.357. The monoisotopic (exact) mass is 396 g/mol. The van der Waals surface area contributed by atoms with E-state index >= 15 is 0 Å². The highest BCUT2D eigenvalue weighted by molar-refractivity contribution is 7.92. The van der Waals surface area contributed by atoms with Gasteiger partial charge in [0.15, 0.2) is 0 Å². The maximum absolute atomic E-state index is 12.1. The lowest BCUT2D eigenvalue weighted by atomic mass is 10.3. The van der Waals surface area contributed by atoms with Crippen LogP contribution in [-0.2, 0) is 14.8 Å². The van der Waals surface area contributed by atoms with Gasteiger partial charge in [0.2, 0.25) is 10.0 Å². The first-order chi connectivity index (χ1) is 12.3. The SMILES string of the molecule is COc1ccc(Cl)cc1N(CC(=O)N/N=C\c1cccnc1)S(C)(=O)=O. The molecule has 0 saturated carbocycles. The minimum absolute atomic E-state index is 0.161. The molecule has 1 aromatic heterocycles. The van der Waals surface area contributed by atoms with Crippen molar-refractivity contribution in [3.8, 4) is 5.75 Å². The highest BCUT2D eigenvalue weighted by Gasteiger charge is 2.24. The Bertz CT molecular complexity index is 904. The fourth-order valence-electron chi connectivity index (χ4n) is 2.04. The number of rotatable bonds is 7. The largest absolute Gasteiger partial charge is 0.495 e. The molecule has 138 valence electrons. The molecular formula is C16H17ClN4O4S. The third-order valence-corrected chi connectivity index (χ3v) is 4.55. The van der Waals surface area contributed by atoms with Gasteiger partial charge in [0.1, 0.15) is 12.3 Å². The molecule has 2 aromatic rings. The van der Waals surface area contributed by atoms with Gasteiger partial charge in [0.25, 0.3) is 5.91 Å². The summed E-state index contributed by atoms with van der Waals surface area (Å²) in [4.78, 5) is 16.0. The van der Waals surface area contributed by atoms with Gasteiger partial charge in [-0.2, -0.15) is 5.10 Å². The van der Waals surface area contributed by atoms with Gasteiger partial charge < -0.3 is 4.74 Å². The van der Waals surface area contributed by atoms with E-state index in [1.807, 2.05) is 0 Å². The number of nitrogens with one attached hydrogen (secondary N) is 1. The van der Waals surface area contributed by atoms with Crippen LogP contribution in [0.25, 0.3) is 0 Å². The van der Waals surface area contributed by atoms with Crippen molar-refractivity contribution in [3.05, 3.63) is 53.3 Å². The minimum atomic E-state index is -3.77. The van der Waals surface area contributed by atoms with E-state index in [0.29, 0.717) is 10.6 Å². The molecule has 0 spiro atoms. The summed E-state index contributed by atoms with van der Waals surface area (Å²) in [6, 6.07) is 7.97. The van der Waals surface area contributed by atoms with E-state index in [4.69, 9.17) is 16.3 Å². The quantitative estimate of drug-likeness (QED) is 0.566. The molecule has 2 rings (SSSR count). The average Bonchev–Trinajstić information content (AvgIpc) is 2.59. The van der Waals surface area contributed by atoms with Crippen LogP contribution in [0.5, 0.6) is 5.75 Å². The number of sulfonamides is 1. The van der Waals surface area contributed by atoms with Gasteiger partial charge in [-0.25, -0.2) is 13.8 Å². The molecule has 1 aromatic carbocycles. The summed E-state index contributed by atoms with van der Waals surface area (Å²) in [5.41, 5.74) is 3.12. The van der Waals surface area contributed by atoms with Gasteiger partial charge in [-0.05, 0) is 24.3 Å². The van der Waals surface area contributed by atoms with Crippen LogP contribution in [0.15, 0.2) is 47.8 Å². The van der Waals surface area contributed by atoms with Crippen LogP contribution in [0.4, 0.5) is 5.69 Å². The Morgan fingerprint density at radius 1 is 1.42 bits per heavy atom. The molecule has 1 N–H and O–H groups in total. The Kier molecular flexibility index (Phi) is 6.53. The molecule has 0 aliphatic carbocycles. The smallest absolute Gasteiger partial charge is 0.260 e. The van der Waals surface area contributed by atoms with Crippen molar-refractivity contribution < 1.29 is 17.9 Å². The van der Waals surface area contributed by atoms with Crippen LogP contribution < -0.4 is 14.5 Å². The molecule has 0 saturated heterocycles. The predicted octanol–water partition coefficient (Wildman–Crippen LogP) is 1.66. The second-order valence-corrected chi connectivity index (χ2v) is 7.51. The molecule has 1 heterocycles. The second kappa shape index (κ2) is 8.63. The number of carbonyl (C=O) groups excluding carboxylic acids is 1. The number of pyridine rings is 1. The number of methoxy groups -OCH3 is 1. The van der Waals surface area contributed by atoms with Crippen LogP contribution in [0.3, 0.4) is 0 Å². The number of hydrogen-bond acceptors (Lipinski definition) is 6. The molecule has 26 heavy (non-hydrogen) atoms. The summed E-state index contributed by atoms with van der Waals surface area (Å²) in [5, 5.41) is 4.10. The fraction of sp³-hybridized carbons (Fsp3) is 0.188. The zero-order valence-electron chi connectivity index (χ0n) is 14.1. The molecule has 8 nitrogen and oxygen atoms in total. The maximum atomic E-state index is 12.1. The van der Waals surface area contributed by atoms with Gasteiger partial charge in [0.05, 0.1) is 25.3 Å². The molecule has 0 atom stereocenters. The summed E-state index contributed by atoms with van der Waals surface area (Å²) in [6.45, 7) is -0.486. The number of amides is 1. The van der Waals surface area contributed by atoms with Crippen molar-refractivity contribution in [1.29, 1.82) is 0 Å². The number of ether oxygens (including phenoxy) is 1. The number of hydrogen-bond donors (Lipinski definition) is 1. The maximum Gasteiger partial charge on any atom is 0.260 e. The van der Waals surface area contributed by atoms with Crippen LogP contribution in [0.1, 0.15) is 5.56 Å². The lowest BCUT2D eigenvalue weighted by Gasteiger charge is -2.23. The third kappa shape index (κ3) is 5.43. The Labute approximate surface area is 156 Å². The van der Waals surface area contributed by atoms with E-state index in [1.54, 1.807) is 30.6 Å². The van der Waals surface area contributed by atoms with Crippen LogP contribution >= 0.6 is 11.6 Å². The zero-order valence-corrected chi connectivity index (χ0v) is 15.7. The summed E-state index contributed by atoms with van der Waals surface area (Å²) < 4.78 is 30.3. The van der Waals surface area contributed by atoms with Crippen LogP contribution in [0, 0.1) is 0 Å². The molecular weight excluding hydrogens is 380 g/mol. The highest BCUT2D eigenvalue weighted by Crippen LogP contribution is 2.32. The van der Waals surface area contributed by atoms with Crippen molar-refractivity contribution in [3.63, 3.8) is 0 Å². The summed E-state index contributed by atoms with van der Waals surface area (Å²) in [7, 11) is -2.37. The first-order valence-corrected chi connectivity index (χ1v) is 9.57. The number of nitrogens with zero attached hydrogens (tertiary/aromatic N) is 3. The lowest BCUT2D eigenvalue weighted by Crippen LogP contribution is -2.39. The summed E-state index contributed by atoms with van der Waals surface area (Å²) >= 11 is 5.95. The van der Waals surface area contributed by atoms with E-state index in [-0.39, 0.29) is 11.4 Å². The predicted molar refractivity (Wildman–Crippen MR) is 100 cm³/mol. The number of benzene rings is 1. The van der Waals surface area contributed by atoms with E-state index in [2.05, 4.69) is 15.5 Å². The van der Waals surface area contributed by atoms with Crippen molar-refractivity contribution in [2.24, 2.45) is 5.10 Å². The number of hydrazone groups is 1. The van der Waals surface area contributed by atoms with Crippen LogP contribution in [-0.4, -0.2) is 45.4 Å². The molecule has 0 aliphatic rings. The first-order valence-electron chi connectivity index (χ1n) is 7.34. The molecule has 0 aliphatic heterocycles. The van der Waals surface area contributed by atoms with Crippen molar-refractivity contribution in [2.75, 3.05) is 24.2 Å². The van der Waals surface area contributed by atoms with Gasteiger partial charge in [-0.3, -0.25) is 14.1 Å². The lowest BCUT2D eigenvalue weighted by molar-refractivity contribution is -0.119. The second-order valence-electron chi connectivity index (χ2n) is 5.17. The van der Waals surface area contributed by atoms with Crippen molar-refractivity contribution in [2.45, 2.75) is 0 Å². The fourth-order valence-corrected chi connectivity index (χ4v) is 3.05. The standard InChI is InChI=1S/C16H17ClN4O4S/c1-25-15-6-5-13(17)8-14(15)21(26(2,23)24)11-16(22)20-19-10-12-4-3-7-18-9-12/h3-10H,11H2,1-2H3,(H,20,22)/b19-10-. The molecule has 0 unspecified atom stereocenters. The van der Waals surface area contributed by atoms with Crippen LogP contribution in [0.2, 0.25) is 5.02 Å². The Hall–Kier alpha value is -2.65. The number of aromatic nitrogens is 1. The number of halogens is 1. The first kappa shape index (κ1) is 19.7. The van der Waals surface area contributed by atoms with E-state index in [9.17, 15) is 13.2 Å². The zero-order chi connectivity index (χ0) is 19.2. The summed E-state index contributed by atoms with van der Waals surface area (Å²) in [6.07, 6.45) is 5.56. The number of carbonyl (C=O) groups is 1. The average molecular weight is 397 g/mol. The molecule has 1 amide bonds. The minimum Gasteiger partial charge on any atom is -0.495 e. The van der Waals surface area contributed by atoms with E-state index in [0.717, 1.165) is 10.6 Å². The molecule has 0 radical (unpaired) electrons. The van der Waals surface area contributed by atoms with Crippen molar-refractivity contribution >= 4 is 39.4 Å². The van der Waals surface area contributed by atoms with Gasteiger partial charge in [-0.1, -0.05) is 17.7 Å². The third-order valence-electron chi connectivity index (χ3n) is 3.18.